The quantitative estimate of drug-likeness (QED) is 0.585. The average molecular weight is 264 g/mol. The van der Waals surface area contributed by atoms with Gasteiger partial charge in [0.2, 0.25) is 5.75 Å². The highest BCUT2D eigenvalue weighted by atomic mass is 16.5. The van der Waals surface area contributed by atoms with Crippen LogP contribution in [0.4, 0.5) is 0 Å². The molecule has 0 aliphatic carbocycles. The van der Waals surface area contributed by atoms with Gasteiger partial charge in [-0.05, 0) is 17.2 Å². The Morgan fingerprint density at radius 1 is 0.900 bits per heavy atom. The summed E-state index contributed by atoms with van der Waals surface area (Å²) in [5.41, 5.74) is 3.45. The predicted octanol–water partition coefficient (Wildman–Crippen LogP) is 3.28. The molecule has 3 heteroatoms. The molecule has 0 saturated heterocycles. The van der Waals surface area contributed by atoms with Crippen LogP contribution in [-0.2, 0) is 13.0 Å². The number of benzene rings is 2. The minimum atomic E-state index is -0.397. The third-order valence-electron chi connectivity index (χ3n) is 3.73. The fraction of sp³-hybridized carbons (Fsp3) is 0.118. The van der Waals surface area contributed by atoms with Gasteiger partial charge in [0, 0.05) is 17.4 Å². The van der Waals surface area contributed by atoms with Crippen LogP contribution in [0.25, 0.3) is 11.0 Å². The number of rotatable bonds is 0. The Kier molecular flexibility index (Phi) is 2.39. The first kappa shape index (κ1) is 11.3. The molecule has 1 aliphatic rings. The van der Waals surface area contributed by atoms with E-state index in [1.54, 1.807) is 0 Å². The maximum atomic E-state index is 12.1. The lowest BCUT2D eigenvalue weighted by Gasteiger charge is -2.07. The van der Waals surface area contributed by atoms with Crippen molar-refractivity contribution in [2.24, 2.45) is 0 Å². The molecule has 0 saturated carbocycles. The molecule has 0 atom stereocenters. The van der Waals surface area contributed by atoms with Crippen LogP contribution in [-0.4, -0.2) is 0 Å². The van der Waals surface area contributed by atoms with E-state index >= 15 is 0 Å². The topological polar surface area (TPSA) is 39.4 Å². The van der Waals surface area contributed by atoms with Crippen molar-refractivity contribution in [3.8, 4) is 5.75 Å². The van der Waals surface area contributed by atoms with E-state index in [0.29, 0.717) is 24.4 Å². The lowest BCUT2D eigenvalue weighted by Crippen LogP contribution is -2.08. The van der Waals surface area contributed by atoms with Crippen LogP contribution < -0.4 is 10.4 Å². The average Bonchev–Trinajstić information content (AvgIpc) is 2.67. The molecule has 0 spiro atoms. The first-order chi connectivity index (χ1) is 9.83. The molecule has 20 heavy (non-hydrogen) atoms. The first-order valence-corrected chi connectivity index (χ1v) is 6.57. The summed E-state index contributed by atoms with van der Waals surface area (Å²) in [5.74, 6) is 0.347. The molecule has 3 nitrogen and oxygen atoms in total. The third kappa shape index (κ3) is 1.63. The molecule has 1 aromatic heterocycles. The molecule has 4 rings (SSSR count). The molecular formula is C17H12O3. The minimum absolute atomic E-state index is 0.347. The van der Waals surface area contributed by atoms with Crippen LogP contribution in [0.3, 0.4) is 0 Å². The van der Waals surface area contributed by atoms with E-state index in [9.17, 15) is 4.79 Å². The molecule has 0 radical (unpaired) electrons. The fourth-order valence-electron chi connectivity index (χ4n) is 2.73. The van der Waals surface area contributed by atoms with Crippen LogP contribution >= 0.6 is 0 Å². The monoisotopic (exact) mass is 264 g/mol. The Morgan fingerprint density at radius 2 is 1.65 bits per heavy atom. The lowest BCUT2D eigenvalue weighted by atomic mass is 9.98. The molecule has 3 aromatic rings. The van der Waals surface area contributed by atoms with Crippen molar-refractivity contribution in [3.63, 3.8) is 0 Å². The second-order valence-corrected chi connectivity index (χ2v) is 4.93. The summed E-state index contributed by atoms with van der Waals surface area (Å²) < 4.78 is 11.0. The van der Waals surface area contributed by atoms with Crippen molar-refractivity contribution >= 4 is 11.0 Å². The van der Waals surface area contributed by atoms with Gasteiger partial charge in [0.1, 0.15) is 12.2 Å². The minimum Gasteiger partial charge on any atom is -0.481 e. The number of hydrogen-bond donors (Lipinski definition) is 0. The summed E-state index contributed by atoms with van der Waals surface area (Å²) in [4.78, 5) is 12.1. The molecule has 0 amide bonds. The number of hydrogen-bond acceptors (Lipinski definition) is 3. The molecule has 98 valence electrons. The first-order valence-electron chi connectivity index (χ1n) is 6.57. The van der Waals surface area contributed by atoms with E-state index in [4.69, 9.17) is 9.15 Å². The van der Waals surface area contributed by atoms with Crippen LogP contribution in [0.2, 0.25) is 0 Å². The van der Waals surface area contributed by atoms with Crippen molar-refractivity contribution in [1.29, 1.82) is 0 Å². The standard InChI is InChI=1S/C17H12O3/c18-17-16-14(13-7-3-4-8-15(13)20-17)9-11-5-1-2-6-12(11)10-19-16/h1-8H,9-10H2. The van der Waals surface area contributed by atoms with E-state index in [1.165, 1.54) is 5.56 Å². The van der Waals surface area contributed by atoms with Gasteiger partial charge in [-0.15, -0.1) is 0 Å². The second-order valence-electron chi connectivity index (χ2n) is 4.93. The Hall–Kier alpha value is -2.55. The Morgan fingerprint density at radius 3 is 2.55 bits per heavy atom. The van der Waals surface area contributed by atoms with Crippen molar-refractivity contribution in [2.75, 3.05) is 0 Å². The Balaban J connectivity index is 2.04. The van der Waals surface area contributed by atoms with Crippen LogP contribution in [0.15, 0.2) is 57.7 Å². The van der Waals surface area contributed by atoms with E-state index in [2.05, 4.69) is 6.07 Å². The maximum Gasteiger partial charge on any atom is 0.379 e. The molecule has 0 N–H and O–H groups in total. The van der Waals surface area contributed by atoms with Crippen LogP contribution in [0.1, 0.15) is 16.7 Å². The summed E-state index contributed by atoms with van der Waals surface area (Å²) in [7, 11) is 0. The highest BCUT2D eigenvalue weighted by Crippen LogP contribution is 2.31. The van der Waals surface area contributed by atoms with E-state index in [1.807, 2.05) is 42.5 Å². The van der Waals surface area contributed by atoms with Gasteiger partial charge in [0.15, 0.2) is 0 Å². The fourth-order valence-corrected chi connectivity index (χ4v) is 2.73. The van der Waals surface area contributed by atoms with E-state index in [-0.39, 0.29) is 0 Å². The van der Waals surface area contributed by atoms with Crippen LogP contribution in [0, 0.1) is 0 Å². The smallest absolute Gasteiger partial charge is 0.379 e. The predicted molar refractivity (Wildman–Crippen MR) is 76.1 cm³/mol. The second kappa shape index (κ2) is 4.23. The van der Waals surface area contributed by atoms with Gasteiger partial charge in [-0.25, -0.2) is 4.79 Å². The highest BCUT2D eigenvalue weighted by Gasteiger charge is 2.20. The normalized spacial score (nSPS) is 13.2. The van der Waals surface area contributed by atoms with Crippen molar-refractivity contribution < 1.29 is 9.15 Å². The SMILES string of the molecule is O=c1oc2ccccc2c2c1OCc1ccccc1C2. The molecular weight excluding hydrogens is 252 g/mol. The Bertz CT molecular complexity index is 861. The van der Waals surface area contributed by atoms with Gasteiger partial charge < -0.3 is 9.15 Å². The zero-order valence-corrected chi connectivity index (χ0v) is 10.8. The zero-order chi connectivity index (χ0) is 13.5. The zero-order valence-electron chi connectivity index (χ0n) is 10.8. The van der Waals surface area contributed by atoms with Gasteiger partial charge in [-0.3, -0.25) is 0 Å². The Labute approximate surface area is 115 Å². The summed E-state index contributed by atoms with van der Waals surface area (Å²) in [6.45, 7) is 0.409. The lowest BCUT2D eigenvalue weighted by molar-refractivity contribution is 0.292. The van der Waals surface area contributed by atoms with Gasteiger partial charge >= 0.3 is 5.63 Å². The van der Waals surface area contributed by atoms with Gasteiger partial charge in [0.25, 0.3) is 0 Å². The highest BCUT2D eigenvalue weighted by molar-refractivity contribution is 5.82. The van der Waals surface area contributed by atoms with Crippen molar-refractivity contribution in [3.05, 3.63) is 75.6 Å². The van der Waals surface area contributed by atoms with Gasteiger partial charge in [-0.1, -0.05) is 42.5 Å². The molecule has 0 unspecified atom stereocenters. The molecule has 2 aromatic carbocycles. The van der Waals surface area contributed by atoms with Gasteiger partial charge in [-0.2, -0.15) is 0 Å². The summed E-state index contributed by atoms with van der Waals surface area (Å²) in [5, 5.41) is 0.943. The maximum absolute atomic E-state index is 12.1. The summed E-state index contributed by atoms with van der Waals surface area (Å²) in [6, 6.07) is 15.7. The molecule has 0 bridgehead atoms. The van der Waals surface area contributed by atoms with Crippen molar-refractivity contribution in [1.82, 2.24) is 0 Å². The van der Waals surface area contributed by atoms with Crippen LogP contribution in [0.5, 0.6) is 5.75 Å². The number of ether oxygens (including phenoxy) is 1. The summed E-state index contributed by atoms with van der Waals surface area (Å²) in [6.07, 6.45) is 0.692. The summed E-state index contributed by atoms with van der Waals surface area (Å²) >= 11 is 0. The largest absolute Gasteiger partial charge is 0.481 e. The van der Waals surface area contributed by atoms with Crippen molar-refractivity contribution in [2.45, 2.75) is 13.0 Å². The number of para-hydroxylation sites is 1. The number of fused-ring (bicyclic) bond motifs is 4. The van der Waals surface area contributed by atoms with E-state index in [0.717, 1.165) is 16.5 Å². The van der Waals surface area contributed by atoms with Gasteiger partial charge in [0.05, 0.1) is 0 Å². The molecule has 1 aliphatic heterocycles. The molecule has 0 fully saturated rings. The van der Waals surface area contributed by atoms with E-state index < -0.39 is 5.63 Å². The third-order valence-corrected chi connectivity index (χ3v) is 3.73. The molecule has 2 heterocycles.